The zero-order valence-corrected chi connectivity index (χ0v) is 5.41. The van der Waals surface area contributed by atoms with Gasteiger partial charge in [-0.15, -0.1) is 0 Å². The molecule has 0 aliphatic carbocycles. The number of nitrogens with two attached hydrogens (primary N) is 1. The minimum atomic E-state index is -1.41. The third kappa shape index (κ3) is 1.26. The maximum Gasteiger partial charge on any atom is 0.342 e. The summed E-state index contributed by atoms with van der Waals surface area (Å²) < 4.78 is 12.6. The lowest BCUT2D eigenvalue weighted by molar-refractivity contribution is 0.0693. The Labute approximate surface area is 61.5 Å². The third-order valence-corrected chi connectivity index (χ3v) is 1.14. The van der Waals surface area contributed by atoms with E-state index in [2.05, 4.69) is 4.98 Å². The van der Waals surface area contributed by atoms with Gasteiger partial charge in [-0.05, 0) is 6.07 Å². The van der Waals surface area contributed by atoms with Gasteiger partial charge in [0.15, 0.2) is 0 Å². The van der Waals surface area contributed by atoms with Crippen LogP contribution in [0.2, 0.25) is 0 Å². The summed E-state index contributed by atoms with van der Waals surface area (Å²) in [6.07, 6.45) is 1.11. The number of anilines is 1. The number of carboxylic acids is 1. The van der Waals surface area contributed by atoms with Crippen molar-refractivity contribution in [2.24, 2.45) is 0 Å². The maximum atomic E-state index is 12.6. The summed E-state index contributed by atoms with van der Waals surface area (Å²) in [5.74, 6) is -2.59. The Morgan fingerprint density at radius 2 is 2.36 bits per heavy atom. The van der Waals surface area contributed by atoms with Crippen LogP contribution in [-0.2, 0) is 0 Å². The molecule has 0 unspecified atom stereocenters. The standard InChI is InChI=1S/C6H5FN2O2/c7-3-1-2-9-5(8)4(3)6(10)11/h1-2H,(H2,8,9)(H,10,11). The molecule has 3 N–H and O–H groups in total. The van der Waals surface area contributed by atoms with Gasteiger partial charge in [0.2, 0.25) is 0 Å². The smallest absolute Gasteiger partial charge is 0.342 e. The highest BCUT2D eigenvalue weighted by Crippen LogP contribution is 2.11. The van der Waals surface area contributed by atoms with Crippen LogP contribution in [0.5, 0.6) is 0 Å². The van der Waals surface area contributed by atoms with E-state index in [1.165, 1.54) is 0 Å². The van der Waals surface area contributed by atoms with Crippen molar-refractivity contribution in [2.45, 2.75) is 0 Å². The number of rotatable bonds is 1. The van der Waals surface area contributed by atoms with E-state index in [9.17, 15) is 9.18 Å². The molecule has 0 bridgehead atoms. The molecule has 0 radical (unpaired) electrons. The van der Waals surface area contributed by atoms with Gasteiger partial charge in [-0.2, -0.15) is 0 Å². The summed E-state index contributed by atoms with van der Waals surface area (Å²) in [5, 5.41) is 8.39. The first-order chi connectivity index (χ1) is 5.13. The highest BCUT2D eigenvalue weighted by Gasteiger charge is 2.13. The van der Waals surface area contributed by atoms with Crippen molar-refractivity contribution >= 4 is 11.8 Å². The van der Waals surface area contributed by atoms with Crippen LogP contribution in [0.25, 0.3) is 0 Å². The number of nitrogen functional groups attached to an aromatic ring is 1. The molecule has 0 amide bonds. The quantitative estimate of drug-likeness (QED) is 0.620. The summed E-state index contributed by atoms with van der Waals surface area (Å²) in [7, 11) is 0. The number of carbonyl (C=O) groups is 1. The van der Waals surface area contributed by atoms with Crippen LogP contribution in [-0.4, -0.2) is 16.1 Å². The van der Waals surface area contributed by atoms with Crippen LogP contribution in [0.15, 0.2) is 12.3 Å². The average Bonchev–Trinajstić information content (AvgIpc) is 1.85. The van der Waals surface area contributed by atoms with Crippen molar-refractivity contribution in [3.63, 3.8) is 0 Å². The molecule has 1 aromatic heterocycles. The van der Waals surface area contributed by atoms with Crippen LogP contribution in [0, 0.1) is 5.82 Å². The molecule has 0 saturated carbocycles. The van der Waals surface area contributed by atoms with Crippen LogP contribution in [0.1, 0.15) is 10.4 Å². The van der Waals surface area contributed by atoms with E-state index in [-0.39, 0.29) is 5.82 Å². The molecule has 11 heavy (non-hydrogen) atoms. The number of hydrogen-bond acceptors (Lipinski definition) is 3. The first-order valence-corrected chi connectivity index (χ1v) is 2.76. The monoisotopic (exact) mass is 156 g/mol. The highest BCUT2D eigenvalue weighted by atomic mass is 19.1. The summed E-state index contributed by atoms with van der Waals surface area (Å²) >= 11 is 0. The predicted octanol–water partition coefficient (Wildman–Crippen LogP) is 0.501. The summed E-state index contributed by atoms with van der Waals surface area (Å²) in [4.78, 5) is 13.7. The van der Waals surface area contributed by atoms with Gasteiger partial charge >= 0.3 is 5.97 Å². The zero-order chi connectivity index (χ0) is 8.43. The van der Waals surface area contributed by atoms with Crippen LogP contribution < -0.4 is 5.73 Å². The fourth-order valence-electron chi connectivity index (χ4n) is 0.665. The molecular formula is C6H5FN2O2. The Bertz CT molecular complexity index is 280. The molecule has 0 atom stereocenters. The van der Waals surface area contributed by atoms with E-state index in [1.807, 2.05) is 0 Å². The molecular weight excluding hydrogens is 151 g/mol. The second-order valence-corrected chi connectivity index (χ2v) is 1.86. The number of aromatic nitrogens is 1. The van der Waals surface area contributed by atoms with Gasteiger partial charge in [-0.1, -0.05) is 0 Å². The van der Waals surface area contributed by atoms with Gasteiger partial charge in [0.05, 0.1) is 0 Å². The summed E-state index contributed by atoms with van der Waals surface area (Å²) in [6, 6.07) is 0.944. The van der Waals surface area contributed by atoms with Crippen LogP contribution >= 0.6 is 0 Å². The fourth-order valence-corrected chi connectivity index (χ4v) is 0.665. The number of hydrogen-bond donors (Lipinski definition) is 2. The zero-order valence-electron chi connectivity index (χ0n) is 5.41. The van der Waals surface area contributed by atoms with E-state index in [4.69, 9.17) is 10.8 Å². The van der Waals surface area contributed by atoms with Crippen molar-refractivity contribution in [3.8, 4) is 0 Å². The molecule has 0 spiro atoms. The van der Waals surface area contributed by atoms with E-state index in [0.29, 0.717) is 0 Å². The molecule has 4 nitrogen and oxygen atoms in total. The van der Waals surface area contributed by atoms with Crippen molar-refractivity contribution in [1.82, 2.24) is 4.98 Å². The lowest BCUT2D eigenvalue weighted by Crippen LogP contribution is -2.06. The van der Waals surface area contributed by atoms with Gasteiger partial charge in [0.25, 0.3) is 0 Å². The second-order valence-electron chi connectivity index (χ2n) is 1.86. The number of aromatic carboxylic acids is 1. The summed E-state index contributed by atoms with van der Waals surface area (Å²) in [5.41, 5.74) is 4.51. The first-order valence-electron chi connectivity index (χ1n) is 2.76. The minimum absolute atomic E-state index is 0.308. The van der Waals surface area contributed by atoms with Crippen LogP contribution in [0.4, 0.5) is 10.2 Å². The van der Waals surface area contributed by atoms with Crippen molar-refractivity contribution in [2.75, 3.05) is 5.73 Å². The summed E-state index contributed by atoms with van der Waals surface area (Å²) in [6.45, 7) is 0. The molecule has 1 heterocycles. The van der Waals surface area contributed by atoms with E-state index in [1.54, 1.807) is 0 Å². The van der Waals surface area contributed by atoms with E-state index >= 15 is 0 Å². The molecule has 58 valence electrons. The predicted molar refractivity (Wildman–Crippen MR) is 35.6 cm³/mol. The molecule has 1 rings (SSSR count). The largest absolute Gasteiger partial charge is 0.477 e. The first kappa shape index (κ1) is 7.46. The Kier molecular flexibility index (Phi) is 1.72. The van der Waals surface area contributed by atoms with Gasteiger partial charge in [0.1, 0.15) is 17.2 Å². The Balaban J connectivity index is 3.32. The Morgan fingerprint density at radius 3 is 2.73 bits per heavy atom. The molecule has 0 fully saturated rings. The van der Waals surface area contributed by atoms with Gasteiger partial charge < -0.3 is 10.8 Å². The number of pyridine rings is 1. The lowest BCUT2D eigenvalue weighted by Gasteiger charge is -1.98. The Morgan fingerprint density at radius 1 is 1.73 bits per heavy atom. The average molecular weight is 156 g/mol. The fraction of sp³-hybridized carbons (Fsp3) is 0. The molecule has 0 aliphatic rings. The molecule has 5 heteroatoms. The molecule has 0 aromatic carbocycles. The highest BCUT2D eigenvalue weighted by molar-refractivity contribution is 5.92. The number of halogens is 1. The topological polar surface area (TPSA) is 76.2 Å². The number of nitrogens with zero attached hydrogens (tertiary/aromatic N) is 1. The van der Waals surface area contributed by atoms with E-state index in [0.717, 1.165) is 12.3 Å². The lowest BCUT2D eigenvalue weighted by atomic mass is 10.2. The van der Waals surface area contributed by atoms with Gasteiger partial charge in [-0.25, -0.2) is 14.2 Å². The molecule has 1 aromatic rings. The van der Waals surface area contributed by atoms with Crippen LogP contribution in [0.3, 0.4) is 0 Å². The normalized spacial score (nSPS) is 9.55. The van der Waals surface area contributed by atoms with Crippen molar-refractivity contribution in [1.29, 1.82) is 0 Å². The minimum Gasteiger partial charge on any atom is -0.477 e. The SMILES string of the molecule is Nc1nccc(F)c1C(=O)O. The molecule has 0 aliphatic heterocycles. The van der Waals surface area contributed by atoms with Gasteiger partial charge in [-0.3, -0.25) is 0 Å². The van der Waals surface area contributed by atoms with Gasteiger partial charge in [0, 0.05) is 6.20 Å². The number of carboxylic acid groups (broad SMARTS) is 1. The van der Waals surface area contributed by atoms with Crippen molar-refractivity contribution < 1.29 is 14.3 Å². The van der Waals surface area contributed by atoms with E-state index < -0.39 is 17.3 Å². The third-order valence-electron chi connectivity index (χ3n) is 1.14. The Hall–Kier alpha value is -1.65. The second kappa shape index (κ2) is 2.53. The maximum absolute atomic E-state index is 12.6. The molecule has 0 saturated heterocycles. The van der Waals surface area contributed by atoms with Crippen molar-refractivity contribution in [3.05, 3.63) is 23.6 Å².